The summed E-state index contributed by atoms with van der Waals surface area (Å²) in [5, 5.41) is 9.42. The second-order valence-electron chi connectivity index (χ2n) is 7.11. The molecular weight excluding hydrogens is 368 g/mol. The molecule has 4 rings (SSSR count). The average molecular weight is 390 g/mol. The van der Waals surface area contributed by atoms with E-state index in [-0.39, 0.29) is 17.7 Å². The highest BCUT2D eigenvalue weighted by Crippen LogP contribution is 2.33. The Kier molecular flexibility index (Phi) is 5.33. The Balaban J connectivity index is 1.61. The van der Waals surface area contributed by atoms with Crippen molar-refractivity contribution in [2.75, 3.05) is 18.4 Å². The van der Waals surface area contributed by atoms with Crippen molar-refractivity contribution >= 4 is 17.5 Å². The predicted octanol–water partition coefficient (Wildman–Crippen LogP) is 2.84. The lowest BCUT2D eigenvalue weighted by molar-refractivity contribution is -0.114. The molecule has 1 aliphatic heterocycles. The smallest absolute Gasteiger partial charge is 0.271 e. The maximum Gasteiger partial charge on any atom is 0.271 e. The first-order valence-corrected chi connectivity index (χ1v) is 9.59. The minimum absolute atomic E-state index is 0.0507. The number of rotatable bonds is 4. The van der Waals surface area contributed by atoms with Crippen LogP contribution in [0.4, 0.5) is 5.69 Å². The van der Waals surface area contributed by atoms with E-state index in [2.05, 4.69) is 25.5 Å². The quantitative estimate of drug-likeness (QED) is 0.713. The molecule has 1 aromatic carbocycles. The molecule has 0 spiro atoms. The molecule has 3 heterocycles. The summed E-state index contributed by atoms with van der Waals surface area (Å²) in [5.41, 5.74) is 3.74. The van der Waals surface area contributed by atoms with Crippen molar-refractivity contribution in [1.82, 2.24) is 25.1 Å². The third kappa shape index (κ3) is 4.16. The van der Waals surface area contributed by atoms with Gasteiger partial charge < -0.3 is 10.2 Å². The molecule has 1 aliphatic rings. The Bertz CT molecular complexity index is 1020. The number of anilines is 1. The van der Waals surface area contributed by atoms with Gasteiger partial charge in [0.25, 0.3) is 5.91 Å². The molecule has 29 heavy (non-hydrogen) atoms. The Hall–Kier alpha value is -3.55. The van der Waals surface area contributed by atoms with E-state index in [9.17, 15) is 9.59 Å². The number of likely N-dealkylation sites (tertiary alicyclic amines) is 1. The van der Waals surface area contributed by atoms with Crippen molar-refractivity contribution < 1.29 is 9.59 Å². The van der Waals surface area contributed by atoms with Gasteiger partial charge in [0.05, 0.1) is 11.4 Å². The lowest BCUT2D eigenvalue weighted by atomic mass is 9.91. The fraction of sp³-hybridized carbons (Fsp3) is 0.286. The lowest BCUT2D eigenvalue weighted by Gasteiger charge is -2.32. The van der Waals surface area contributed by atoms with Crippen molar-refractivity contribution in [2.24, 2.45) is 0 Å². The number of aromatic nitrogens is 4. The number of hydrogen-bond donors (Lipinski definition) is 2. The number of benzene rings is 1. The zero-order valence-electron chi connectivity index (χ0n) is 16.1. The van der Waals surface area contributed by atoms with Crippen molar-refractivity contribution in [3.63, 3.8) is 0 Å². The van der Waals surface area contributed by atoms with Crippen molar-refractivity contribution in [2.45, 2.75) is 25.7 Å². The van der Waals surface area contributed by atoms with Gasteiger partial charge in [0, 0.05) is 55.8 Å². The number of nitrogens with zero attached hydrogens (tertiary/aromatic N) is 4. The Labute approximate surface area is 168 Å². The van der Waals surface area contributed by atoms with Gasteiger partial charge in [-0.15, -0.1) is 0 Å². The SMILES string of the molecule is CC(=O)Nc1cccc(-c2nccnc2C2CCCN(C(=O)c3ccn[nH]3)C2)c1. The molecule has 3 aromatic rings. The molecule has 1 atom stereocenters. The number of amides is 2. The van der Waals surface area contributed by atoms with Crippen LogP contribution in [-0.2, 0) is 4.79 Å². The molecule has 2 amide bonds. The standard InChI is InChI=1S/C21H22N6O2/c1-14(28)25-17-6-2-4-15(12-17)19-20(23-10-9-22-19)16-5-3-11-27(13-16)21(29)18-7-8-24-26-18/h2,4,6-10,12,16H,3,5,11,13H2,1H3,(H,24,26)(H,25,28). The molecule has 0 aliphatic carbocycles. The highest BCUT2D eigenvalue weighted by Gasteiger charge is 2.29. The third-order valence-electron chi connectivity index (χ3n) is 5.01. The van der Waals surface area contributed by atoms with Crippen LogP contribution in [0.15, 0.2) is 48.9 Å². The maximum absolute atomic E-state index is 12.7. The van der Waals surface area contributed by atoms with Gasteiger partial charge >= 0.3 is 0 Å². The molecule has 8 heteroatoms. The largest absolute Gasteiger partial charge is 0.337 e. The van der Waals surface area contributed by atoms with Crippen molar-refractivity contribution in [3.05, 3.63) is 60.3 Å². The highest BCUT2D eigenvalue weighted by atomic mass is 16.2. The summed E-state index contributed by atoms with van der Waals surface area (Å²) < 4.78 is 0. The Morgan fingerprint density at radius 2 is 2.03 bits per heavy atom. The monoisotopic (exact) mass is 390 g/mol. The summed E-state index contributed by atoms with van der Waals surface area (Å²) in [5.74, 6) is -0.0872. The average Bonchev–Trinajstić information content (AvgIpc) is 3.28. The summed E-state index contributed by atoms with van der Waals surface area (Å²) in [4.78, 5) is 35.1. The predicted molar refractivity (Wildman–Crippen MR) is 108 cm³/mol. The minimum atomic E-state index is -0.123. The van der Waals surface area contributed by atoms with Gasteiger partial charge in [-0.25, -0.2) is 0 Å². The van der Waals surface area contributed by atoms with Crippen LogP contribution in [-0.4, -0.2) is 50.0 Å². The normalized spacial score (nSPS) is 16.4. The summed E-state index contributed by atoms with van der Waals surface area (Å²) in [6.07, 6.45) is 6.76. The summed E-state index contributed by atoms with van der Waals surface area (Å²) in [7, 11) is 0. The van der Waals surface area contributed by atoms with Gasteiger partial charge in [-0.05, 0) is 31.0 Å². The summed E-state index contributed by atoms with van der Waals surface area (Å²) in [6.45, 7) is 2.77. The van der Waals surface area contributed by atoms with Crippen molar-refractivity contribution in [1.29, 1.82) is 0 Å². The molecule has 0 saturated carbocycles. The summed E-state index contributed by atoms with van der Waals surface area (Å²) >= 11 is 0. The van der Waals surface area contributed by atoms with Crippen LogP contribution in [0.5, 0.6) is 0 Å². The number of H-pyrrole nitrogens is 1. The first-order valence-electron chi connectivity index (χ1n) is 9.59. The Morgan fingerprint density at radius 3 is 2.83 bits per heavy atom. The molecule has 148 valence electrons. The van der Waals surface area contributed by atoms with Crippen LogP contribution in [0, 0.1) is 0 Å². The van der Waals surface area contributed by atoms with E-state index in [0.717, 1.165) is 29.8 Å². The van der Waals surface area contributed by atoms with E-state index >= 15 is 0 Å². The molecule has 1 saturated heterocycles. The molecule has 0 radical (unpaired) electrons. The van der Waals surface area contributed by atoms with Gasteiger partial charge in [0.1, 0.15) is 5.69 Å². The van der Waals surface area contributed by atoms with Crippen LogP contribution in [0.25, 0.3) is 11.3 Å². The maximum atomic E-state index is 12.7. The van der Waals surface area contributed by atoms with Gasteiger partial charge in [0.2, 0.25) is 5.91 Å². The van der Waals surface area contributed by atoms with E-state index in [1.165, 1.54) is 6.92 Å². The molecule has 2 aromatic heterocycles. The zero-order valence-corrected chi connectivity index (χ0v) is 16.1. The molecular formula is C21H22N6O2. The summed E-state index contributed by atoms with van der Waals surface area (Å²) in [6, 6.07) is 9.26. The van der Waals surface area contributed by atoms with E-state index in [1.807, 2.05) is 29.2 Å². The molecule has 0 bridgehead atoms. The van der Waals surface area contributed by atoms with Gasteiger partial charge in [0.15, 0.2) is 0 Å². The lowest BCUT2D eigenvalue weighted by Crippen LogP contribution is -2.39. The molecule has 8 nitrogen and oxygen atoms in total. The number of carbonyl (C=O) groups excluding carboxylic acids is 2. The van der Waals surface area contributed by atoms with Gasteiger partial charge in [-0.3, -0.25) is 24.7 Å². The van der Waals surface area contributed by atoms with Crippen LogP contribution in [0.3, 0.4) is 0 Å². The minimum Gasteiger partial charge on any atom is -0.337 e. The van der Waals surface area contributed by atoms with Crippen molar-refractivity contribution in [3.8, 4) is 11.3 Å². The Morgan fingerprint density at radius 1 is 1.17 bits per heavy atom. The number of carbonyl (C=O) groups is 2. The fourth-order valence-electron chi connectivity index (χ4n) is 3.75. The van der Waals surface area contributed by atoms with Crippen LogP contribution >= 0.6 is 0 Å². The van der Waals surface area contributed by atoms with E-state index < -0.39 is 0 Å². The molecule has 2 N–H and O–H groups in total. The van der Waals surface area contributed by atoms with Gasteiger partial charge in [-0.1, -0.05) is 12.1 Å². The van der Waals surface area contributed by atoms with Gasteiger partial charge in [-0.2, -0.15) is 5.10 Å². The van der Waals surface area contributed by atoms with Crippen LogP contribution < -0.4 is 5.32 Å². The number of piperidine rings is 1. The first kappa shape index (κ1) is 18.8. The third-order valence-corrected chi connectivity index (χ3v) is 5.01. The molecule has 1 fully saturated rings. The van der Waals surface area contributed by atoms with Crippen LogP contribution in [0.2, 0.25) is 0 Å². The van der Waals surface area contributed by atoms with E-state index in [0.29, 0.717) is 24.5 Å². The molecule has 1 unspecified atom stereocenters. The number of aromatic amines is 1. The first-order chi connectivity index (χ1) is 14.1. The highest BCUT2D eigenvalue weighted by molar-refractivity contribution is 5.92. The van der Waals surface area contributed by atoms with E-state index in [1.54, 1.807) is 24.7 Å². The second kappa shape index (κ2) is 8.22. The van der Waals surface area contributed by atoms with E-state index in [4.69, 9.17) is 0 Å². The second-order valence-corrected chi connectivity index (χ2v) is 7.11. The number of hydrogen-bond acceptors (Lipinski definition) is 5. The zero-order chi connectivity index (χ0) is 20.2. The fourth-order valence-corrected chi connectivity index (χ4v) is 3.75. The topological polar surface area (TPSA) is 104 Å². The van der Waals surface area contributed by atoms with Crippen LogP contribution in [0.1, 0.15) is 41.9 Å². The number of nitrogens with one attached hydrogen (secondary N) is 2.